The number of ketones is 2. The zero-order valence-corrected chi connectivity index (χ0v) is 18.7. The number of H-pyrrole nitrogens is 1. The lowest BCUT2D eigenvalue weighted by atomic mass is 9.95. The summed E-state index contributed by atoms with van der Waals surface area (Å²) in [6, 6.07) is 14.3. The quantitative estimate of drug-likeness (QED) is 0.450. The fourth-order valence-electron chi connectivity index (χ4n) is 4.80. The number of carbonyl (C=O) groups excluding carboxylic acids is 2. The number of hydrogen-bond acceptors (Lipinski definition) is 3. The van der Waals surface area contributed by atoms with Crippen LogP contribution in [0.1, 0.15) is 29.5 Å². The largest absolute Gasteiger partial charge is 0.361 e. The minimum Gasteiger partial charge on any atom is -0.361 e. The number of aryl methyl sites for hydroxylation is 2. The average Bonchev–Trinajstić information content (AvgIpc) is 3.40. The maximum absolute atomic E-state index is 13.2. The number of nitrogens with one attached hydrogen (secondary N) is 1. The van der Waals surface area contributed by atoms with E-state index >= 15 is 0 Å². The van der Waals surface area contributed by atoms with E-state index in [0.29, 0.717) is 11.1 Å². The summed E-state index contributed by atoms with van der Waals surface area (Å²) < 4.78 is 2.23. The van der Waals surface area contributed by atoms with Crippen molar-refractivity contribution < 1.29 is 9.59 Å². The van der Waals surface area contributed by atoms with Crippen molar-refractivity contribution >= 4 is 44.5 Å². The van der Waals surface area contributed by atoms with E-state index in [0.717, 1.165) is 58.0 Å². The van der Waals surface area contributed by atoms with Gasteiger partial charge >= 0.3 is 0 Å². The van der Waals surface area contributed by atoms with Crippen LogP contribution in [0.4, 0.5) is 0 Å². The molecule has 1 aliphatic rings. The lowest BCUT2D eigenvalue weighted by molar-refractivity contribution is -0.119. The van der Waals surface area contributed by atoms with E-state index < -0.39 is 0 Å². The molecule has 0 aliphatic heterocycles. The number of carbonyl (C=O) groups is 2. The number of fused-ring (bicyclic) bond motifs is 2. The van der Waals surface area contributed by atoms with E-state index in [1.54, 1.807) is 0 Å². The zero-order valence-electron chi connectivity index (χ0n) is 18.7. The van der Waals surface area contributed by atoms with Crippen molar-refractivity contribution in [2.45, 2.75) is 26.3 Å². The Morgan fingerprint density at radius 1 is 0.969 bits per heavy atom. The molecule has 4 aromatic rings. The number of benzene rings is 2. The number of allylic oxidation sites excluding steroid dienone is 2. The Morgan fingerprint density at radius 3 is 2.50 bits per heavy atom. The molecule has 32 heavy (non-hydrogen) atoms. The van der Waals surface area contributed by atoms with Crippen LogP contribution in [-0.2, 0) is 16.1 Å². The van der Waals surface area contributed by atoms with Crippen LogP contribution >= 0.6 is 0 Å². The minimum atomic E-state index is -0.101. The highest BCUT2D eigenvalue weighted by molar-refractivity contribution is 6.52. The summed E-state index contributed by atoms with van der Waals surface area (Å²) in [6.07, 6.45) is 4.87. The molecule has 0 atom stereocenters. The highest BCUT2D eigenvalue weighted by Gasteiger charge is 2.35. The third-order valence-corrected chi connectivity index (χ3v) is 6.30. The standard InChI is InChI=1S/C27H27N3O2/c1-17-9-10-23-19(13-17)21(16-30(23)12-6-11-29(2)3)27-25(32)14-24(31)26(27)20-15-28-22-8-5-4-7-18(20)22/h4-5,7-10,13,15-16,28H,6,11-12,14H2,1-3H3. The highest BCUT2D eigenvalue weighted by atomic mass is 16.2. The van der Waals surface area contributed by atoms with Gasteiger partial charge in [-0.1, -0.05) is 29.8 Å². The van der Waals surface area contributed by atoms with Gasteiger partial charge in [-0.2, -0.15) is 0 Å². The number of nitrogens with zero attached hydrogens (tertiary/aromatic N) is 2. The first-order chi connectivity index (χ1) is 15.4. The van der Waals surface area contributed by atoms with Crippen LogP contribution in [0.25, 0.3) is 33.0 Å². The summed E-state index contributed by atoms with van der Waals surface area (Å²) in [6.45, 7) is 3.90. The number of Topliss-reactive ketones (excluding diaryl/α,β-unsaturated/α-hetero) is 2. The number of hydrogen-bond donors (Lipinski definition) is 1. The van der Waals surface area contributed by atoms with Crippen LogP contribution in [0.15, 0.2) is 54.9 Å². The lowest BCUT2D eigenvalue weighted by Crippen LogP contribution is -2.14. The lowest BCUT2D eigenvalue weighted by Gasteiger charge is -2.10. The molecule has 5 rings (SSSR count). The third kappa shape index (κ3) is 3.39. The van der Waals surface area contributed by atoms with Crippen LogP contribution in [0.3, 0.4) is 0 Å². The van der Waals surface area contributed by atoms with Gasteiger partial charge in [0.15, 0.2) is 11.6 Å². The first-order valence-electron chi connectivity index (χ1n) is 11.1. The molecule has 0 spiro atoms. The van der Waals surface area contributed by atoms with Crippen molar-refractivity contribution in [3.8, 4) is 0 Å². The molecular weight excluding hydrogens is 398 g/mol. The Hall–Kier alpha value is -3.44. The summed E-state index contributed by atoms with van der Waals surface area (Å²) in [5, 5.41) is 2.00. The molecule has 2 aromatic heterocycles. The Labute approximate surface area is 187 Å². The minimum absolute atomic E-state index is 0.0662. The average molecular weight is 426 g/mol. The van der Waals surface area contributed by atoms with E-state index in [-0.39, 0.29) is 18.0 Å². The summed E-state index contributed by atoms with van der Waals surface area (Å²) >= 11 is 0. The van der Waals surface area contributed by atoms with Gasteiger partial charge < -0.3 is 14.5 Å². The maximum Gasteiger partial charge on any atom is 0.172 e. The van der Waals surface area contributed by atoms with Gasteiger partial charge in [-0.15, -0.1) is 0 Å². The van der Waals surface area contributed by atoms with E-state index in [1.165, 1.54) is 0 Å². The van der Waals surface area contributed by atoms with Gasteiger partial charge in [0.25, 0.3) is 0 Å². The summed E-state index contributed by atoms with van der Waals surface area (Å²) in [7, 11) is 4.15. The van der Waals surface area contributed by atoms with Crippen molar-refractivity contribution in [2.75, 3.05) is 20.6 Å². The van der Waals surface area contributed by atoms with Gasteiger partial charge in [-0.25, -0.2) is 0 Å². The molecule has 0 saturated heterocycles. The maximum atomic E-state index is 13.2. The van der Waals surface area contributed by atoms with Crippen molar-refractivity contribution in [1.82, 2.24) is 14.5 Å². The second-order valence-electron chi connectivity index (χ2n) is 8.93. The third-order valence-electron chi connectivity index (χ3n) is 6.30. The van der Waals surface area contributed by atoms with Crippen LogP contribution in [0, 0.1) is 6.92 Å². The predicted octanol–water partition coefficient (Wildman–Crippen LogP) is 4.84. The smallest absolute Gasteiger partial charge is 0.172 e. The number of rotatable bonds is 6. The second-order valence-corrected chi connectivity index (χ2v) is 8.93. The molecule has 2 heterocycles. The predicted molar refractivity (Wildman–Crippen MR) is 130 cm³/mol. The molecule has 1 aliphatic carbocycles. The highest BCUT2D eigenvalue weighted by Crippen LogP contribution is 2.41. The van der Waals surface area contributed by atoms with E-state index in [1.807, 2.05) is 30.5 Å². The van der Waals surface area contributed by atoms with Crippen molar-refractivity contribution in [1.29, 1.82) is 0 Å². The van der Waals surface area contributed by atoms with E-state index in [2.05, 4.69) is 59.9 Å². The number of aromatic amines is 1. The Kier molecular flexibility index (Phi) is 5.06. The molecule has 0 unspecified atom stereocenters. The van der Waals surface area contributed by atoms with Crippen molar-refractivity contribution in [3.63, 3.8) is 0 Å². The Morgan fingerprint density at radius 2 is 1.72 bits per heavy atom. The Bertz CT molecular complexity index is 1400. The molecule has 0 amide bonds. The molecule has 0 saturated carbocycles. The van der Waals surface area contributed by atoms with Crippen LogP contribution in [0.5, 0.6) is 0 Å². The van der Waals surface area contributed by atoms with Gasteiger partial charge in [0, 0.05) is 63.0 Å². The van der Waals surface area contributed by atoms with Crippen molar-refractivity contribution in [3.05, 3.63) is 71.5 Å². The molecule has 5 nitrogen and oxygen atoms in total. The fraction of sp³-hybridized carbons (Fsp3) is 0.259. The molecule has 162 valence electrons. The first-order valence-corrected chi connectivity index (χ1v) is 11.1. The molecule has 2 aromatic carbocycles. The Balaban J connectivity index is 1.72. The van der Waals surface area contributed by atoms with E-state index in [4.69, 9.17) is 0 Å². The monoisotopic (exact) mass is 425 g/mol. The SMILES string of the molecule is Cc1ccc2c(c1)c(C1=C(c3c[nH]c4ccccc34)C(=O)CC1=O)cn2CCCN(C)C. The summed E-state index contributed by atoms with van der Waals surface area (Å²) in [4.78, 5) is 31.7. The van der Waals surface area contributed by atoms with Gasteiger partial charge in [-0.3, -0.25) is 9.59 Å². The topological polar surface area (TPSA) is 58.1 Å². The molecular formula is C27H27N3O2. The summed E-state index contributed by atoms with van der Waals surface area (Å²) in [5.74, 6) is -0.194. The normalized spacial score (nSPS) is 14.6. The second kappa shape index (κ2) is 7.92. The molecule has 0 bridgehead atoms. The number of para-hydroxylation sites is 1. The number of aromatic nitrogens is 2. The van der Waals surface area contributed by atoms with Gasteiger partial charge in [0.05, 0.1) is 6.42 Å². The fourth-order valence-corrected chi connectivity index (χ4v) is 4.80. The summed E-state index contributed by atoms with van der Waals surface area (Å²) in [5.41, 5.74) is 5.97. The van der Waals surface area contributed by atoms with Gasteiger partial charge in [0.2, 0.25) is 0 Å². The molecule has 5 heteroatoms. The van der Waals surface area contributed by atoms with Gasteiger partial charge in [0.1, 0.15) is 0 Å². The van der Waals surface area contributed by atoms with Crippen LogP contribution in [-0.4, -0.2) is 46.7 Å². The molecule has 0 fully saturated rings. The molecule has 0 radical (unpaired) electrons. The van der Waals surface area contributed by atoms with Gasteiger partial charge in [-0.05, 0) is 52.2 Å². The zero-order chi connectivity index (χ0) is 22.4. The van der Waals surface area contributed by atoms with Crippen molar-refractivity contribution in [2.24, 2.45) is 0 Å². The van der Waals surface area contributed by atoms with E-state index in [9.17, 15) is 9.59 Å². The van der Waals surface area contributed by atoms with Crippen LogP contribution < -0.4 is 0 Å². The van der Waals surface area contributed by atoms with Crippen LogP contribution in [0.2, 0.25) is 0 Å². The first kappa shape index (κ1) is 20.5. The molecule has 1 N–H and O–H groups in total.